The summed E-state index contributed by atoms with van der Waals surface area (Å²) in [6.07, 6.45) is 2.25. The Balaban J connectivity index is 0.000000509. The average Bonchev–Trinajstić information content (AvgIpc) is 3.23. The number of nitrogens with two attached hydrogens (primary N) is 1. The van der Waals surface area contributed by atoms with Crippen LogP contribution in [0.5, 0.6) is 5.75 Å². The number of fused-ring (bicyclic) bond motifs is 1. The molecule has 0 saturated carbocycles. The largest absolute Gasteiger partial charge is 0.489 e. The van der Waals surface area contributed by atoms with Crippen LogP contribution in [-0.4, -0.2) is 41.1 Å². The highest BCUT2D eigenvalue weighted by atomic mass is 32.2. The first kappa shape index (κ1) is 25.5. The number of hydrogen-bond donors (Lipinski definition) is 3. The van der Waals surface area contributed by atoms with Crippen LogP contribution in [0.3, 0.4) is 0 Å². The zero-order valence-corrected chi connectivity index (χ0v) is 19.4. The van der Waals surface area contributed by atoms with E-state index in [1.54, 1.807) is 48.7 Å². The number of hydrogen-bond acceptors (Lipinski definition) is 6. The molecule has 182 valence electrons. The van der Waals surface area contributed by atoms with Crippen molar-refractivity contribution in [2.75, 3.05) is 6.54 Å². The SMILES string of the molecule is NCCc1cn(S(=O)(=O)c2ccccc2)c2ccc(OCc3ccccc3)cc12.O=C(O)C(=O)O. The molecule has 0 spiro atoms. The Kier molecular flexibility index (Phi) is 8.24. The van der Waals surface area contributed by atoms with Gasteiger partial charge in [-0.2, -0.15) is 0 Å². The van der Waals surface area contributed by atoms with Gasteiger partial charge < -0.3 is 20.7 Å². The van der Waals surface area contributed by atoms with Crippen molar-refractivity contribution in [1.29, 1.82) is 0 Å². The normalized spacial score (nSPS) is 10.9. The maximum absolute atomic E-state index is 13.2. The number of benzene rings is 3. The Bertz CT molecular complexity index is 1400. The molecule has 4 N–H and O–H groups in total. The zero-order valence-electron chi connectivity index (χ0n) is 18.6. The van der Waals surface area contributed by atoms with E-state index >= 15 is 0 Å². The highest BCUT2D eigenvalue weighted by Crippen LogP contribution is 2.30. The van der Waals surface area contributed by atoms with Crippen molar-refractivity contribution in [3.05, 3.63) is 96.2 Å². The van der Waals surface area contributed by atoms with Crippen molar-refractivity contribution >= 4 is 32.9 Å². The summed E-state index contributed by atoms with van der Waals surface area (Å²) in [5, 5.41) is 15.6. The van der Waals surface area contributed by atoms with Gasteiger partial charge in [-0.3, -0.25) is 0 Å². The van der Waals surface area contributed by atoms with Gasteiger partial charge in [0.2, 0.25) is 0 Å². The third-order valence-corrected chi connectivity index (χ3v) is 6.66. The third-order valence-electron chi connectivity index (χ3n) is 4.97. The molecule has 0 amide bonds. The van der Waals surface area contributed by atoms with Crippen molar-refractivity contribution in [2.45, 2.75) is 17.9 Å². The van der Waals surface area contributed by atoms with Gasteiger partial charge in [-0.1, -0.05) is 48.5 Å². The molecule has 10 heteroatoms. The fourth-order valence-corrected chi connectivity index (χ4v) is 4.75. The number of carbonyl (C=O) groups is 2. The van der Waals surface area contributed by atoms with Crippen LogP contribution in [0.4, 0.5) is 0 Å². The summed E-state index contributed by atoms with van der Waals surface area (Å²) in [6, 6.07) is 23.8. The Hall–Kier alpha value is -4.15. The van der Waals surface area contributed by atoms with E-state index in [0.717, 1.165) is 16.5 Å². The van der Waals surface area contributed by atoms with Gasteiger partial charge in [0, 0.05) is 11.6 Å². The fraction of sp³-hybridized carbons (Fsp3) is 0.120. The van der Waals surface area contributed by atoms with E-state index in [2.05, 4.69) is 0 Å². The predicted octanol–water partition coefficient (Wildman–Crippen LogP) is 3.11. The van der Waals surface area contributed by atoms with Crippen LogP contribution >= 0.6 is 0 Å². The molecule has 1 heterocycles. The molecule has 4 aromatic rings. The first-order chi connectivity index (χ1) is 16.7. The Morgan fingerprint density at radius 1 is 0.886 bits per heavy atom. The molecule has 0 saturated heterocycles. The zero-order chi connectivity index (χ0) is 25.4. The topological polar surface area (TPSA) is 149 Å². The monoisotopic (exact) mass is 496 g/mol. The van der Waals surface area contributed by atoms with Gasteiger partial charge in [0.25, 0.3) is 10.0 Å². The Morgan fingerprint density at radius 2 is 1.49 bits per heavy atom. The van der Waals surface area contributed by atoms with Crippen LogP contribution in [0.25, 0.3) is 10.9 Å². The van der Waals surface area contributed by atoms with E-state index in [0.29, 0.717) is 30.8 Å². The van der Waals surface area contributed by atoms with Gasteiger partial charge >= 0.3 is 11.9 Å². The van der Waals surface area contributed by atoms with E-state index in [1.165, 1.54) is 3.97 Å². The highest BCUT2D eigenvalue weighted by molar-refractivity contribution is 7.90. The summed E-state index contributed by atoms with van der Waals surface area (Å²) in [5.74, 6) is -2.96. The lowest BCUT2D eigenvalue weighted by molar-refractivity contribution is -0.159. The molecule has 0 radical (unpaired) electrons. The van der Waals surface area contributed by atoms with E-state index in [4.69, 9.17) is 30.3 Å². The van der Waals surface area contributed by atoms with Crippen molar-refractivity contribution < 1.29 is 33.0 Å². The maximum atomic E-state index is 13.2. The van der Waals surface area contributed by atoms with Gasteiger partial charge in [-0.05, 0) is 54.4 Å². The quantitative estimate of drug-likeness (QED) is 0.331. The summed E-state index contributed by atoms with van der Waals surface area (Å²) in [7, 11) is -3.70. The van der Waals surface area contributed by atoms with Gasteiger partial charge in [-0.25, -0.2) is 22.0 Å². The Labute approximate surface area is 202 Å². The molecule has 0 unspecified atom stereocenters. The second-order valence-electron chi connectivity index (χ2n) is 7.37. The highest BCUT2D eigenvalue weighted by Gasteiger charge is 2.21. The van der Waals surface area contributed by atoms with E-state index in [1.807, 2.05) is 36.4 Å². The smallest absolute Gasteiger partial charge is 0.414 e. The molecule has 4 rings (SSSR count). The molecular weight excluding hydrogens is 472 g/mol. The maximum Gasteiger partial charge on any atom is 0.414 e. The molecule has 0 fully saturated rings. The van der Waals surface area contributed by atoms with E-state index in [9.17, 15) is 8.42 Å². The van der Waals surface area contributed by atoms with Crippen LogP contribution in [0, 0.1) is 0 Å². The van der Waals surface area contributed by atoms with Crippen LogP contribution < -0.4 is 10.5 Å². The molecule has 9 nitrogen and oxygen atoms in total. The standard InChI is InChI=1S/C23H22N2O3S.C2H2O4/c24-14-13-19-16-25(29(26,27)21-9-5-2-6-10-21)23-12-11-20(15-22(19)23)28-17-18-7-3-1-4-8-18;3-1(4)2(5)6/h1-12,15-16H,13-14,17,24H2;(H,3,4)(H,5,6). The van der Waals surface area contributed by atoms with Gasteiger partial charge in [0.15, 0.2) is 0 Å². The molecule has 1 aromatic heterocycles. The average molecular weight is 497 g/mol. The van der Waals surface area contributed by atoms with E-state index < -0.39 is 22.0 Å². The summed E-state index contributed by atoms with van der Waals surface area (Å²) in [6.45, 7) is 0.876. The molecule has 0 aliphatic heterocycles. The molecular formula is C25H24N2O7S. The summed E-state index contributed by atoms with van der Waals surface area (Å²) in [4.78, 5) is 18.4. The number of ether oxygens (including phenoxy) is 1. The van der Waals surface area contributed by atoms with Crippen molar-refractivity contribution in [3.8, 4) is 5.75 Å². The number of rotatable bonds is 7. The van der Waals surface area contributed by atoms with Gasteiger partial charge in [0.05, 0.1) is 10.4 Å². The number of nitrogens with zero attached hydrogens (tertiary/aromatic N) is 1. The van der Waals surface area contributed by atoms with Crippen molar-refractivity contribution in [1.82, 2.24) is 3.97 Å². The first-order valence-corrected chi connectivity index (χ1v) is 12.0. The minimum absolute atomic E-state index is 0.251. The minimum Gasteiger partial charge on any atom is -0.489 e. The molecule has 35 heavy (non-hydrogen) atoms. The number of aliphatic carboxylic acids is 2. The molecule has 0 bridgehead atoms. The molecule has 3 aromatic carbocycles. The molecule has 0 atom stereocenters. The molecule has 0 aliphatic carbocycles. The lowest BCUT2D eigenvalue weighted by atomic mass is 10.1. The van der Waals surface area contributed by atoms with Gasteiger partial charge in [0.1, 0.15) is 12.4 Å². The number of aromatic nitrogens is 1. The van der Waals surface area contributed by atoms with Crippen molar-refractivity contribution in [3.63, 3.8) is 0 Å². The van der Waals surface area contributed by atoms with Crippen molar-refractivity contribution in [2.24, 2.45) is 5.73 Å². The van der Waals surface area contributed by atoms with Gasteiger partial charge in [-0.15, -0.1) is 0 Å². The molecule has 0 aliphatic rings. The summed E-state index contributed by atoms with van der Waals surface area (Å²) in [5.41, 5.74) is 8.33. The van der Waals surface area contributed by atoms with Crippen LogP contribution in [0.15, 0.2) is 90.0 Å². The number of carboxylic acids is 2. The second-order valence-corrected chi connectivity index (χ2v) is 9.19. The van der Waals surface area contributed by atoms with Crippen LogP contribution in [0.2, 0.25) is 0 Å². The third kappa shape index (κ3) is 6.25. The predicted molar refractivity (Wildman–Crippen MR) is 130 cm³/mol. The lowest BCUT2D eigenvalue weighted by Crippen LogP contribution is -2.11. The first-order valence-electron chi connectivity index (χ1n) is 10.5. The Morgan fingerprint density at radius 3 is 2.06 bits per heavy atom. The van der Waals surface area contributed by atoms with Crippen LogP contribution in [0.1, 0.15) is 11.1 Å². The van der Waals surface area contributed by atoms with E-state index in [-0.39, 0.29) is 4.90 Å². The summed E-state index contributed by atoms with van der Waals surface area (Å²) < 4.78 is 33.6. The second kappa shape index (κ2) is 11.3. The minimum atomic E-state index is -3.70. The fourth-order valence-electron chi connectivity index (χ4n) is 3.34. The lowest BCUT2D eigenvalue weighted by Gasteiger charge is -2.09. The van der Waals surface area contributed by atoms with Crippen LogP contribution in [-0.2, 0) is 32.6 Å². The summed E-state index contributed by atoms with van der Waals surface area (Å²) >= 11 is 0. The number of carboxylic acid groups (broad SMARTS) is 2.